The van der Waals surface area contributed by atoms with Crippen LogP contribution in [-0.4, -0.2) is 46.6 Å². The molecule has 3 aliphatic rings. The van der Waals surface area contributed by atoms with Crippen molar-refractivity contribution in [3.63, 3.8) is 0 Å². The molecule has 0 bridgehead atoms. The standard InChI is InChI=1S/C29H37N3O4/c33-27-25(28(34)30-23-11-4-2-1-3-5-12-23)19-31(18-24-13-8-16-36-24)20-26(27)29(35)32-15-14-21-9-6-7-10-22(21)17-32/h6-7,9-10,19-20,23-24H,1-5,8,11-18H2,(H,30,34)/t24-/m1/s1. The molecule has 1 aromatic carbocycles. The van der Waals surface area contributed by atoms with E-state index >= 15 is 0 Å². The Hall–Kier alpha value is -2.93. The number of nitrogens with one attached hydrogen (secondary N) is 1. The van der Waals surface area contributed by atoms with E-state index in [1.165, 1.54) is 24.8 Å². The van der Waals surface area contributed by atoms with Crippen molar-refractivity contribution in [1.82, 2.24) is 14.8 Å². The lowest BCUT2D eigenvalue weighted by molar-refractivity contribution is 0.0730. The smallest absolute Gasteiger partial charge is 0.259 e. The van der Waals surface area contributed by atoms with Crippen LogP contribution in [0.5, 0.6) is 0 Å². The Bertz CT molecular complexity index is 1140. The van der Waals surface area contributed by atoms with Crippen LogP contribution in [0, 0.1) is 0 Å². The highest BCUT2D eigenvalue weighted by atomic mass is 16.5. The number of fused-ring (bicyclic) bond motifs is 1. The zero-order valence-corrected chi connectivity index (χ0v) is 21.0. The summed E-state index contributed by atoms with van der Waals surface area (Å²) in [6.07, 6.45) is 13.6. The molecule has 0 spiro atoms. The second-order valence-corrected chi connectivity index (χ2v) is 10.5. The molecule has 1 aliphatic carbocycles. The predicted octanol–water partition coefficient (Wildman–Crippen LogP) is 4.07. The molecule has 3 heterocycles. The summed E-state index contributed by atoms with van der Waals surface area (Å²) in [6.45, 7) is 2.27. The average molecular weight is 492 g/mol. The summed E-state index contributed by atoms with van der Waals surface area (Å²) in [5, 5.41) is 3.11. The van der Waals surface area contributed by atoms with E-state index in [-0.39, 0.29) is 35.1 Å². The highest BCUT2D eigenvalue weighted by molar-refractivity contribution is 5.99. The summed E-state index contributed by atoms with van der Waals surface area (Å²) in [6, 6.07) is 8.18. The van der Waals surface area contributed by atoms with Gasteiger partial charge in [0.25, 0.3) is 11.8 Å². The van der Waals surface area contributed by atoms with Crippen molar-refractivity contribution in [3.05, 3.63) is 69.1 Å². The molecule has 1 atom stereocenters. The van der Waals surface area contributed by atoms with Crippen LogP contribution in [0.25, 0.3) is 0 Å². The summed E-state index contributed by atoms with van der Waals surface area (Å²) in [7, 11) is 0. The third kappa shape index (κ3) is 5.72. The second-order valence-electron chi connectivity index (χ2n) is 10.5. The third-order valence-electron chi connectivity index (χ3n) is 7.85. The van der Waals surface area contributed by atoms with E-state index in [1.807, 2.05) is 22.8 Å². The van der Waals surface area contributed by atoms with Crippen LogP contribution in [0.3, 0.4) is 0 Å². The first-order valence-electron chi connectivity index (χ1n) is 13.6. The third-order valence-corrected chi connectivity index (χ3v) is 7.85. The van der Waals surface area contributed by atoms with Gasteiger partial charge in [0.2, 0.25) is 5.43 Å². The highest BCUT2D eigenvalue weighted by Crippen LogP contribution is 2.21. The molecule has 2 amide bonds. The molecule has 0 unspecified atom stereocenters. The maximum Gasteiger partial charge on any atom is 0.259 e. The monoisotopic (exact) mass is 491 g/mol. The van der Waals surface area contributed by atoms with Gasteiger partial charge in [-0.3, -0.25) is 14.4 Å². The Kier molecular flexibility index (Phi) is 7.85. The molecule has 7 heteroatoms. The molecule has 0 radical (unpaired) electrons. The van der Waals surface area contributed by atoms with Crippen LogP contribution >= 0.6 is 0 Å². The molecule has 2 aliphatic heterocycles. The SMILES string of the molecule is O=C(NC1CCCCCCC1)c1cn(C[C@H]2CCCO2)cc(C(=O)N2CCc3ccccc3C2)c1=O. The van der Waals surface area contributed by atoms with Gasteiger partial charge in [0, 0.05) is 44.7 Å². The predicted molar refractivity (Wildman–Crippen MR) is 138 cm³/mol. The number of amides is 2. The fourth-order valence-electron chi connectivity index (χ4n) is 5.78. The lowest BCUT2D eigenvalue weighted by Gasteiger charge is -2.29. The number of ether oxygens (including phenoxy) is 1. The van der Waals surface area contributed by atoms with Gasteiger partial charge >= 0.3 is 0 Å². The summed E-state index contributed by atoms with van der Waals surface area (Å²) < 4.78 is 7.61. The number of aromatic nitrogens is 1. The molecule has 192 valence electrons. The number of carbonyl (C=O) groups excluding carboxylic acids is 2. The van der Waals surface area contributed by atoms with Gasteiger partial charge < -0.3 is 19.5 Å². The van der Waals surface area contributed by atoms with Gasteiger partial charge in [-0.15, -0.1) is 0 Å². The fraction of sp³-hybridized carbons (Fsp3) is 0.552. The Balaban J connectivity index is 1.42. The van der Waals surface area contributed by atoms with E-state index in [9.17, 15) is 14.4 Å². The normalized spacial score (nSPS) is 20.9. The minimum Gasteiger partial charge on any atom is -0.376 e. The van der Waals surface area contributed by atoms with Crippen LogP contribution in [0.15, 0.2) is 41.5 Å². The number of pyridine rings is 1. The van der Waals surface area contributed by atoms with Crippen LogP contribution < -0.4 is 10.7 Å². The molecule has 2 fully saturated rings. The Labute approximate surface area is 212 Å². The second kappa shape index (κ2) is 11.4. The van der Waals surface area contributed by atoms with Crippen molar-refractivity contribution in [2.75, 3.05) is 13.2 Å². The van der Waals surface area contributed by atoms with Crippen LogP contribution in [0.1, 0.15) is 89.6 Å². The molecule has 1 saturated heterocycles. The Morgan fingerprint density at radius 3 is 2.39 bits per heavy atom. The lowest BCUT2D eigenvalue weighted by Crippen LogP contribution is -2.42. The molecule has 1 aromatic heterocycles. The molecule has 1 N–H and O–H groups in total. The van der Waals surface area contributed by atoms with Crippen molar-refractivity contribution in [2.45, 2.75) is 89.4 Å². The first kappa shape index (κ1) is 24.8. The average Bonchev–Trinajstić information content (AvgIpc) is 3.38. The van der Waals surface area contributed by atoms with E-state index < -0.39 is 5.43 Å². The number of nitrogens with zero attached hydrogens (tertiary/aromatic N) is 2. The maximum absolute atomic E-state index is 13.6. The summed E-state index contributed by atoms with van der Waals surface area (Å²) in [4.78, 5) is 42.2. The lowest BCUT2D eigenvalue weighted by atomic mass is 9.96. The van der Waals surface area contributed by atoms with Crippen molar-refractivity contribution in [1.29, 1.82) is 0 Å². The first-order valence-corrected chi connectivity index (χ1v) is 13.6. The van der Waals surface area contributed by atoms with Crippen LogP contribution in [0.4, 0.5) is 0 Å². The highest BCUT2D eigenvalue weighted by Gasteiger charge is 2.28. The Morgan fingerprint density at radius 1 is 0.917 bits per heavy atom. The molecule has 2 aromatic rings. The van der Waals surface area contributed by atoms with Gasteiger partial charge in [0.15, 0.2) is 0 Å². The van der Waals surface area contributed by atoms with E-state index in [0.717, 1.165) is 57.1 Å². The van der Waals surface area contributed by atoms with Crippen molar-refractivity contribution in [3.8, 4) is 0 Å². The van der Waals surface area contributed by atoms with Crippen LogP contribution in [0.2, 0.25) is 0 Å². The minimum absolute atomic E-state index is 0.0267. The zero-order chi connectivity index (χ0) is 24.9. The van der Waals surface area contributed by atoms with E-state index in [0.29, 0.717) is 19.6 Å². The van der Waals surface area contributed by atoms with Gasteiger partial charge in [-0.2, -0.15) is 0 Å². The molecular formula is C29H37N3O4. The van der Waals surface area contributed by atoms with E-state index in [2.05, 4.69) is 11.4 Å². The van der Waals surface area contributed by atoms with E-state index in [4.69, 9.17) is 4.74 Å². The molecule has 7 nitrogen and oxygen atoms in total. The molecule has 5 rings (SSSR count). The summed E-state index contributed by atoms with van der Waals surface area (Å²) in [5.41, 5.74) is 1.99. The van der Waals surface area contributed by atoms with Gasteiger partial charge in [0.1, 0.15) is 11.1 Å². The van der Waals surface area contributed by atoms with Crippen molar-refractivity contribution >= 4 is 11.8 Å². The number of hydrogen-bond acceptors (Lipinski definition) is 4. The Morgan fingerprint density at radius 2 is 1.64 bits per heavy atom. The molecule has 36 heavy (non-hydrogen) atoms. The maximum atomic E-state index is 13.6. The first-order chi connectivity index (χ1) is 17.6. The topological polar surface area (TPSA) is 80.6 Å². The molecule has 1 saturated carbocycles. The van der Waals surface area contributed by atoms with Crippen LogP contribution in [-0.2, 0) is 24.2 Å². The fourth-order valence-corrected chi connectivity index (χ4v) is 5.78. The van der Waals surface area contributed by atoms with Gasteiger partial charge in [-0.1, -0.05) is 56.4 Å². The van der Waals surface area contributed by atoms with Gasteiger partial charge in [0.05, 0.1) is 6.10 Å². The minimum atomic E-state index is -0.481. The van der Waals surface area contributed by atoms with Gasteiger partial charge in [-0.05, 0) is 43.2 Å². The van der Waals surface area contributed by atoms with Gasteiger partial charge in [-0.25, -0.2) is 0 Å². The largest absolute Gasteiger partial charge is 0.376 e. The zero-order valence-electron chi connectivity index (χ0n) is 21.0. The summed E-state index contributed by atoms with van der Waals surface area (Å²) in [5.74, 6) is -0.679. The van der Waals surface area contributed by atoms with E-state index in [1.54, 1.807) is 17.3 Å². The molecular weight excluding hydrogens is 454 g/mol. The number of benzene rings is 1. The van der Waals surface area contributed by atoms with Crippen molar-refractivity contribution < 1.29 is 14.3 Å². The van der Waals surface area contributed by atoms with Crippen molar-refractivity contribution in [2.24, 2.45) is 0 Å². The number of rotatable bonds is 5. The number of hydrogen-bond donors (Lipinski definition) is 1. The quantitative estimate of drug-likeness (QED) is 0.684. The summed E-state index contributed by atoms with van der Waals surface area (Å²) >= 11 is 0. The number of carbonyl (C=O) groups is 2.